The van der Waals surface area contributed by atoms with Crippen molar-refractivity contribution in [2.24, 2.45) is 0 Å². The second-order valence-corrected chi connectivity index (χ2v) is 6.72. The van der Waals surface area contributed by atoms with Crippen LogP contribution < -0.4 is 9.64 Å². The van der Waals surface area contributed by atoms with Gasteiger partial charge in [0.2, 0.25) is 5.91 Å². The van der Waals surface area contributed by atoms with Crippen molar-refractivity contribution in [1.82, 2.24) is 0 Å². The molecule has 1 aliphatic rings. The number of rotatable bonds is 2. The number of hydrogen-bond donors (Lipinski definition) is 0. The Hall–Kier alpha value is -2.32. The molecule has 0 saturated heterocycles. The van der Waals surface area contributed by atoms with Crippen LogP contribution in [0.4, 0.5) is 5.69 Å². The summed E-state index contributed by atoms with van der Waals surface area (Å²) >= 11 is 3.54. The molecule has 3 rings (SSSR count). The highest BCUT2D eigenvalue weighted by atomic mass is 79.9. The lowest BCUT2D eigenvalue weighted by atomic mass is 9.95. The summed E-state index contributed by atoms with van der Waals surface area (Å²) in [6.07, 6.45) is 1.70. The highest BCUT2D eigenvalue weighted by Crippen LogP contribution is 2.43. The number of nitriles is 1. The van der Waals surface area contributed by atoms with Crippen molar-refractivity contribution >= 4 is 27.5 Å². The fourth-order valence-electron chi connectivity index (χ4n) is 3.12. The molecule has 2 aromatic carbocycles. The topological polar surface area (TPSA) is 53.3 Å². The smallest absolute Gasteiger partial charge is 0.224 e. The van der Waals surface area contributed by atoms with Gasteiger partial charge in [-0.3, -0.25) is 4.79 Å². The van der Waals surface area contributed by atoms with Gasteiger partial charge < -0.3 is 9.64 Å². The fourth-order valence-corrected chi connectivity index (χ4v) is 3.58. The zero-order chi connectivity index (χ0) is 17.3. The van der Waals surface area contributed by atoms with Crippen molar-refractivity contribution < 1.29 is 9.53 Å². The SMILES string of the molecule is CC(=O)N1c2ccc(Br)c(Oc3ccccc3C#N)c2CCC1C. The first-order chi connectivity index (χ1) is 11.5. The van der Waals surface area contributed by atoms with Gasteiger partial charge >= 0.3 is 0 Å². The Bertz CT molecular complexity index is 842. The number of nitrogens with zero attached hydrogens (tertiary/aromatic N) is 2. The second-order valence-electron chi connectivity index (χ2n) is 5.86. The molecule has 0 spiro atoms. The molecule has 1 unspecified atom stereocenters. The van der Waals surface area contributed by atoms with Crippen molar-refractivity contribution in [2.75, 3.05) is 4.90 Å². The number of carbonyl (C=O) groups is 1. The molecular formula is C19H17BrN2O2. The maximum atomic E-state index is 12.1. The number of benzene rings is 2. The first kappa shape index (κ1) is 16.5. The minimum Gasteiger partial charge on any atom is -0.454 e. The highest BCUT2D eigenvalue weighted by molar-refractivity contribution is 9.10. The Morgan fingerprint density at radius 1 is 1.33 bits per heavy atom. The van der Waals surface area contributed by atoms with Crippen LogP contribution in [0.3, 0.4) is 0 Å². The molecule has 0 fully saturated rings. The molecule has 0 N–H and O–H groups in total. The van der Waals surface area contributed by atoms with Crippen molar-refractivity contribution in [3.8, 4) is 17.6 Å². The third-order valence-corrected chi connectivity index (χ3v) is 4.88. The predicted octanol–water partition coefficient (Wildman–Crippen LogP) is 4.80. The van der Waals surface area contributed by atoms with E-state index >= 15 is 0 Å². The van der Waals surface area contributed by atoms with Crippen molar-refractivity contribution in [2.45, 2.75) is 32.7 Å². The first-order valence-corrected chi connectivity index (χ1v) is 8.60. The van der Waals surface area contributed by atoms with E-state index in [1.165, 1.54) is 0 Å². The van der Waals surface area contributed by atoms with Gasteiger partial charge in [-0.2, -0.15) is 5.26 Å². The third kappa shape index (κ3) is 2.90. The monoisotopic (exact) mass is 384 g/mol. The van der Waals surface area contributed by atoms with Gasteiger partial charge in [-0.25, -0.2) is 0 Å². The van der Waals surface area contributed by atoms with Crippen molar-refractivity contribution in [1.29, 1.82) is 5.26 Å². The van der Waals surface area contributed by atoms with Crippen LogP contribution in [0.15, 0.2) is 40.9 Å². The average Bonchev–Trinajstić information content (AvgIpc) is 2.57. The minimum absolute atomic E-state index is 0.0224. The van der Waals surface area contributed by atoms with Gasteiger partial charge in [-0.1, -0.05) is 12.1 Å². The Morgan fingerprint density at radius 3 is 2.79 bits per heavy atom. The van der Waals surface area contributed by atoms with Crippen LogP contribution >= 0.6 is 15.9 Å². The van der Waals surface area contributed by atoms with E-state index in [-0.39, 0.29) is 11.9 Å². The lowest BCUT2D eigenvalue weighted by Crippen LogP contribution is -2.40. The standard InChI is InChI=1S/C19H17BrN2O2/c1-12-7-8-15-17(22(12)13(2)23)10-9-16(20)19(15)24-18-6-4-3-5-14(18)11-21/h3-6,9-10,12H,7-8H2,1-2H3. The van der Waals surface area contributed by atoms with Crippen LogP contribution in [0.2, 0.25) is 0 Å². The molecule has 5 heteroatoms. The van der Waals surface area contributed by atoms with Gasteiger partial charge in [0.1, 0.15) is 17.6 Å². The van der Waals surface area contributed by atoms with Gasteiger partial charge in [0.15, 0.2) is 0 Å². The van der Waals surface area contributed by atoms with Crippen LogP contribution in [0.1, 0.15) is 31.4 Å². The van der Waals surface area contributed by atoms with Gasteiger partial charge in [0.25, 0.3) is 0 Å². The molecule has 0 saturated carbocycles. The zero-order valence-corrected chi connectivity index (χ0v) is 15.1. The summed E-state index contributed by atoms with van der Waals surface area (Å²) in [5.41, 5.74) is 2.36. The first-order valence-electron chi connectivity index (χ1n) is 7.81. The fraction of sp³-hybridized carbons (Fsp3) is 0.263. The summed E-state index contributed by atoms with van der Waals surface area (Å²) in [5, 5.41) is 9.26. The van der Waals surface area contributed by atoms with Crippen molar-refractivity contribution in [3.05, 3.63) is 52.0 Å². The Kier molecular flexibility index (Phi) is 4.59. The molecule has 1 heterocycles. The number of fused-ring (bicyclic) bond motifs is 1. The molecule has 0 bridgehead atoms. The van der Waals surface area contributed by atoms with E-state index in [1.54, 1.807) is 25.1 Å². The minimum atomic E-state index is 0.0224. The highest BCUT2D eigenvalue weighted by Gasteiger charge is 2.29. The molecule has 1 atom stereocenters. The van der Waals surface area contributed by atoms with E-state index in [1.807, 2.05) is 23.1 Å². The van der Waals surface area contributed by atoms with Gasteiger partial charge in [0, 0.05) is 18.5 Å². The molecule has 4 nitrogen and oxygen atoms in total. The summed E-state index contributed by atoms with van der Waals surface area (Å²) in [6.45, 7) is 3.64. The van der Waals surface area contributed by atoms with E-state index in [4.69, 9.17) is 4.74 Å². The van der Waals surface area contributed by atoms with Gasteiger partial charge in [-0.05, 0) is 60.0 Å². The van der Waals surface area contributed by atoms with Crippen molar-refractivity contribution in [3.63, 3.8) is 0 Å². The summed E-state index contributed by atoms with van der Waals surface area (Å²) in [4.78, 5) is 13.9. The lowest BCUT2D eigenvalue weighted by Gasteiger charge is -2.35. The summed E-state index contributed by atoms with van der Waals surface area (Å²) in [7, 11) is 0. The molecule has 24 heavy (non-hydrogen) atoms. The normalized spacial score (nSPS) is 16.2. The van der Waals surface area contributed by atoms with E-state index < -0.39 is 0 Å². The molecule has 0 aromatic heterocycles. The average molecular weight is 385 g/mol. The number of halogens is 1. The predicted molar refractivity (Wildman–Crippen MR) is 96.3 cm³/mol. The van der Waals surface area contributed by atoms with Crippen LogP contribution in [0.25, 0.3) is 0 Å². The van der Waals surface area contributed by atoms with Gasteiger partial charge in [-0.15, -0.1) is 0 Å². The molecular weight excluding hydrogens is 368 g/mol. The maximum Gasteiger partial charge on any atom is 0.224 e. The molecule has 1 aliphatic heterocycles. The molecule has 2 aromatic rings. The van der Waals surface area contributed by atoms with E-state index in [9.17, 15) is 10.1 Å². The lowest BCUT2D eigenvalue weighted by molar-refractivity contribution is -0.117. The van der Waals surface area contributed by atoms with E-state index in [0.29, 0.717) is 17.1 Å². The second kappa shape index (κ2) is 6.66. The Labute approximate surface area is 149 Å². The molecule has 0 radical (unpaired) electrons. The third-order valence-electron chi connectivity index (χ3n) is 4.26. The molecule has 122 valence electrons. The number of amides is 1. The van der Waals surface area contributed by atoms with E-state index in [0.717, 1.165) is 28.6 Å². The summed E-state index contributed by atoms with van der Waals surface area (Å²) in [5.74, 6) is 1.21. The molecule has 0 aliphatic carbocycles. The number of anilines is 1. The van der Waals surface area contributed by atoms with Crippen LogP contribution in [-0.2, 0) is 11.2 Å². The number of ether oxygens (including phenoxy) is 1. The van der Waals surface area contributed by atoms with Gasteiger partial charge in [0.05, 0.1) is 15.7 Å². The quantitative estimate of drug-likeness (QED) is 0.746. The number of hydrogen-bond acceptors (Lipinski definition) is 3. The Balaban J connectivity index is 2.10. The Morgan fingerprint density at radius 2 is 2.08 bits per heavy atom. The summed E-state index contributed by atoms with van der Waals surface area (Å²) < 4.78 is 6.90. The zero-order valence-electron chi connectivity index (χ0n) is 13.5. The molecule has 1 amide bonds. The number of para-hydroxylation sites is 1. The van der Waals surface area contributed by atoms with Crippen LogP contribution in [-0.4, -0.2) is 11.9 Å². The number of carbonyl (C=O) groups excluding carboxylic acids is 1. The van der Waals surface area contributed by atoms with E-state index in [2.05, 4.69) is 28.9 Å². The van der Waals surface area contributed by atoms with Crippen LogP contribution in [0, 0.1) is 11.3 Å². The summed E-state index contributed by atoms with van der Waals surface area (Å²) in [6, 6.07) is 13.3. The van der Waals surface area contributed by atoms with Crippen LogP contribution in [0.5, 0.6) is 11.5 Å². The largest absolute Gasteiger partial charge is 0.454 e. The maximum absolute atomic E-state index is 12.1.